The number of nitrogens with zero attached hydrogens (tertiary/aromatic N) is 2. The van der Waals surface area contributed by atoms with E-state index in [0.29, 0.717) is 38.2 Å². The van der Waals surface area contributed by atoms with Crippen LogP contribution in [0.4, 0.5) is 0 Å². The van der Waals surface area contributed by atoms with E-state index >= 15 is 0 Å². The number of sulfonamides is 1. The van der Waals surface area contributed by atoms with Gasteiger partial charge in [-0.05, 0) is 54.0 Å². The number of fused-ring (bicyclic) bond motifs is 1. The molecule has 0 saturated carbocycles. The van der Waals surface area contributed by atoms with Gasteiger partial charge in [-0.25, -0.2) is 8.42 Å². The Morgan fingerprint density at radius 1 is 1.09 bits per heavy atom. The number of benzene rings is 2. The van der Waals surface area contributed by atoms with Gasteiger partial charge in [0.15, 0.2) is 0 Å². The molecule has 2 aromatic rings. The highest BCUT2D eigenvalue weighted by atomic mass is 32.2. The van der Waals surface area contributed by atoms with Crippen molar-refractivity contribution in [1.29, 1.82) is 0 Å². The van der Waals surface area contributed by atoms with Gasteiger partial charge >= 0.3 is 0 Å². The van der Waals surface area contributed by atoms with Crippen LogP contribution in [-0.2, 0) is 27.8 Å². The average Bonchev–Trinajstić information content (AvgIpc) is 2.82. The van der Waals surface area contributed by atoms with Crippen LogP contribution in [0.5, 0.6) is 5.75 Å². The van der Waals surface area contributed by atoms with Gasteiger partial charge in [-0.15, -0.1) is 0 Å². The van der Waals surface area contributed by atoms with E-state index in [1.165, 1.54) is 22.5 Å². The summed E-state index contributed by atoms with van der Waals surface area (Å²) >= 11 is 0. The molecule has 0 bridgehead atoms. The quantitative estimate of drug-likeness (QED) is 0.686. The molecular weight excluding hydrogens is 424 g/mol. The van der Waals surface area contributed by atoms with E-state index in [9.17, 15) is 13.2 Å². The summed E-state index contributed by atoms with van der Waals surface area (Å²) in [5, 5.41) is 0. The van der Waals surface area contributed by atoms with E-state index in [1.54, 1.807) is 12.1 Å². The summed E-state index contributed by atoms with van der Waals surface area (Å²) in [6.45, 7) is 5.99. The standard InChI is InChI=1S/C25H32N2O4S/c1-18(2)20-10-11-23(31-3)24(15-20)32(29,30)27-13-6-9-22(17-27)25(28)26-14-12-19-7-4-5-8-21(19)16-26/h4-5,7-8,10-11,15,18,22H,6,9,12-14,16-17H2,1-3H3/t22-/m0/s1. The summed E-state index contributed by atoms with van der Waals surface area (Å²) < 4.78 is 34.0. The largest absolute Gasteiger partial charge is 0.495 e. The Balaban J connectivity index is 1.54. The fourth-order valence-corrected chi connectivity index (χ4v) is 6.41. The number of carbonyl (C=O) groups is 1. The van der Waals surface area contributed by atoms with E-state index in [4.69, 9.17) is 4.74 Å². The number of methoxy groups -OCH3 is 1. The average molecular weight is 457 g/mol. The number of amides is 1. The van der Waals surface area contributed by atoms with Crippen molar-refractivity contribution in [3.8, 4) is 5.75 Å². The van der Waals surface area contributed by atoms with E-state index in [2.05, 4.69) is 12.1 Å². The zero-order chi connectivity index (χ0) is 22.9. The minimum Gasteiger partial charge on any atom is -0.495 e. The molecule has 0 spiro atoms. The van der Waals surface area contributed by atoms with Gasteiger partial charge in [0.05, 0.1) is 13.0 Å². The van der Waals surface area contributed by atoms with E-state index in [-0.39, 0.29) is 29.2 Å². The van der Waals surface area contributed by atoms with Crippen molar-refractivity contribution in [1.82, 2.24) is 9.21 Å². The molecule has 1 amide bonds. The lowest BCUT2D eigenvalue weighted by atomic mass is 9.95. The molecule has 6 nitrogen and oxygen atoms in total. The molecule has 0 aliphatic carbocycles. The van der Waals surface area contributed by atoms with Gasteiger partial charge in [0.2, 0.25) is 15.9 Å². The summed E-state index contributed by atoms with van der Waals surface area (Å²) in [5.41, 5.74) is 3.42. The Morgan fingerprint density at radius 3 is 2.56 bits per heavy atom. The highest BCUT2D eigenvalue weighted by Gasteiger charge is 2.37. The van der Waals surface area contributed by atoms with Crippen molar-refractivity contribution >= 4 is 15.9 Å². The lowest BCUT2D eigenvalue weighted by Crippen LogP contribution is -2.47. The van der Waals surface area contributed by atoms with Crippen molar-refractivity contribution in [2.45, 2.75) is 50.5 Å². The Morgan fingerprint density at radius 2 is 1.84 bits per heavy atom. The van der Waals surface area contributed by atoms with Gasteiger partial charge in [0.25, 0.3) is 0 Å². The number of carbonyl (C=O) groups excluding carboxylic acids is 1. The minimum atomic E-state index is -3.77. The zero-order valence-corrected chi connectivity index (χ0v) is 19.9. The molecule has 2 heterocycles. The van der Waals surface area contributed by atoms with Gasteiger partial charge in [-0.1, -0.05) is 44.2 Å². The third-order valence-electron chi connectivity index (χ3n) is 6.65. The third kappa shape index (κ3) is 4.41. The molecule has 1 saturated heterocycles. The van der Waals surface area contributed by atoms with E-state index in [1.807, 2.05) is 36.9 Å². The molecule has 1 atom stereocenters. The molecule has 2 aliphatic heterocycles. The van der Waals surface area contributed by atoms with Crippen molar-refractivity contribution < 1.29 is 17.9 Å². The second kappa shape index (κ2) is 9.24. The van der Waals surface area contributed by atoms with E-state index < -0.39 is 10.0 Å². The Kier molecular flexibility index (Phi) is 6.58. The van der Waals surface area contributed by atoms with Crippen LogP contribution in [0.15, 0.2) is 47.4 Å². The maximum Gasteiger partial charge on any atom is 0.246 e. The zero-order valence-electron chi connectivity index (χ0n) is 19.1. The summed E-state index contributed by atoms with van der Waals surface area (Å²) in [5.74, 6) is 0.286. The second-order valence-electron chi connectivity index (χ2n) is 9.05. The molecule has 4 rings (SSSR count). The fraction of sp³-hybridized carbons (Fsp3) is 0.480. The number of piperidine rings is 1. The molecule has 172 valence electrons. The third-order valence-corrected chi connectivity index (χ3v) is 8.53. The van der Waals surface area contributed by atoms with Crippen molar-refractivity contribution in [3.63, 3.8) is 0 Å². The predicted octanol–water partition coefficient (Wildman–Crippen LogP) is 3.80. The molecule has 7 heteroatoms. The SMILES string of the molecule is COc1ccc(C(C)C)cc1S(=O)(=O)N1CCC[C@H](C(=O)N2CCc3ccccc3C2)C1. The molecule has 0 unspecified atom stereocenters. The number of ether oxygens (including phenoxy) is 1. The van der Waals surface area contributed by atoms with Gasteiger partial charge in [0, 0.05) is 26.2 Å². The van der Waals surface area contributed by atoms with Crippen LogP contribution in [0.1, 0.15) is 49.3 Å². The van der Waals surface area contributed by atoms with Crippen molar-refractivity contribution in [2.24, 2.45) is 5.92 Å². The van der Waals surface area contributed by atoms with Crippen LogP contribution in [0.2, 0.25) is 0 Å². The van der Waals surface area contributed by atoms with Crippen LogP contribution >= 0.6 is 0 Å². The number of hydrogen-bond donors (Lipinski definition) is 0. The maximum absolute atomic E-state index is 13.6. The molecule has 0 radical (unpaired) electrons. The first-order valence-corrected chi connectivity index (χ1v) is 12.8. The van der Waals surface area contributed by atoms with Crippen LogP contribution in [0.3, 0.4) is 0 Å². The fourth-order valence-electron chi connectivity index (χ4n) is 4.70. The van der Waals surface area contributed by atoms with Gasteiger partial charge in [-0.3, -0.25) is 4.79 Å². The second-order valence-corrected chi connectivity index (χ2v) is 11.0. The Hall–Kier alpha value is -2.38. The summed E-state index contributed by atoms with van der Waals surface area (Å²) in [6, 6.07) is 13.6. The van der Waals surface area contributed by atoms with Crippen LogP contribution in [0, 0.1) is 5.92 Å². The predicted molar refractivity (Wildman–Crippen MR) is 124 cm³/mol. The maximum atomic E-state index is 13.6. The molecule has 1 fully saturated rings. The normalized spacial score (nSPS) is 19.6. The summed E-state index contributed by atoms with van der Waals surface area (Å²) in [4.78, 5) is 15.4. The monoisotopic (exact) mass is 456 g/mol. The summed E-state index contributed by atoms with van der Waals surface area (Å²) in [7, 11) is -2.28. The summed E-state index contributed by atoms with van der Waals surface area (Å²) in [6.07, 6.45) is 2.23. The molecule has 0 N–H and O–H groups in total. The molecular formula is C25H32N2O4S. The van der Waals surface area contributed by atoms with Crippen molar-refractivity contribution in [2.75, 3.05) is 26.7 Å². The molecule has 2 aromatic carbocycles. The van der Waals surface area contributed by atoms with Gasteiger partial charge < -0.3 is 9.64 Å². The van der Waals surface area contributed by atoms with Crippen LogP contribution in [-0.4, -0.2) is 50.3 Å². The number of rotatable bonds is 5. The molecule has 0 aromatic heterocycles. The Labute approximate surface area is 191 Å². The smallest absolute Gasteiger partial charge is 0.246 e. The highest BCUT2D eigenvalue weighted by Crippen LogP contribution is 2.33. The van der Waals surface area contributed by atoms with E-state index in [0.717, 1.165) is 12.0 Å². The highest BCUT2D eigenvalue weighted by molar-refractivity contribution is 7.89. The van der Waals surface area contributed by atoms with Gasteiger partial charge in [0.1, 0.15) is 10.6 Å². The first kappa shape index (κ1) is 22.8. The molecule has 2 aliphatic rings. The minimum absolute atomic E-state index is 0.0577. The van der Waals surface area contributed by atoms with Crippen LogP contribution < -0.4 is 4.74 Å². The topological polar surface area (TPSA) is 66.9 Å². The Bertz CT molecular complexity index is 1100. The lowest BCUT2D eigenvalue weighted by molar-refractivity contribution is -0.137. The number of hydrogen-bond acceptors (Lipinski definition) is 4. The molecule has 32 heavy (non-hydrogen) atoms. The van der Waals surface area contributed by atoms with Crippen molar-refractivity contribution in [3.05, 3.63) is 59.2 Å². The first-order valence-electron chi connectivity index (χ1n) is 11.3. The van der Waals surface area contributed by atoms with Gasteiger partial charge in [-0.2, -0.15) is 4.31 Å². The van der Waals surface area contributed by atoms with Crippen LogP contribution in [0.25, 0.3) is 0 Å². The lowest BCUT2D eigenvalue weighted by Gasteiger charge is -2.36. The first-order chi connectivity index (χ1) is 15.3.